The van der Waals surface area contributed by atoms with Crippen LogP contribution in [0.1, 0.15) is 23.2 Å². The molecule has 5 rings (SSSR count). The van der Waals surface area contributed by atoms with Gasteiger partial charge in [-0.1, -0.05) is 58.5 Å². The van der Waals surface area contributed by atoms with Crippen LogP contribution >= 0.6 is 46.4 Å². The molecule has 2 atom stereocenters. The van der Waals surface area contributed by atoms with Gasteiger partial charge < -0.3 is 9.40 Å². The molecule has 0 amide bonds. The molecule has 1 aliphatic heterocycles. The van der Waals surface area contributed by atoms with Gasteiger partial charge in [-0.25, -0.2) is 9.37 Å². The van der Waals surface area contributed by atoms with Gasteiger partial charge in [0, 0.05) is 38.6 Å². The first-order valence-electron chi connectivity index (χ1n) is 10.1. The van der Waals surface area contributed by atoms with E-state index in [1.807, 2.05) is 16.8 Å². The third-order valence-corrected chi connectivity index (χ3v) is 6.48. The van der Waals surface area contributed by atoms with Crippen LogP contribution in [0, 0.1) is 5.82 Å². The van der Waals surface area contributed by atoms with Crippen LogP contribution in [0.4, 0.5) is 4.39 Å². The zero-order valence-electron chi connectivity index (χ0n) is 17.2. The molecular weight excluding hydrogens is 521 g/mol. The fourth-order valence-electron chi connectivity index (χ4n) is 3.86. The van der Waals surface area contributed by atoms with Crippen LogP contribution < -0.4 is 4.84 Å². The Labute approximate surface area is 214 Å². The van der Waals surface area contributed by atoms with Gasteiger partial charge in [0.05, 0.1) is 17.1 Å². The molecule has 0 bridgehead atoms. The van der Waals surface area contributed by atoms with Crippen molar-refractivity contribution in [1.82, 2.24) is 14.7 Å². The van der Waals surface area contributed by atoms with Crippen molar-refractivity contribution in [2.75, 3.05) is 0 Å². The van der Waals surface area contributed by atoms with Gasteiger partial charge in [-0.05, 0) is 48.5 Å². The van der Waals surface area contributed by atoms with Crippen LogP contribution in [0.3, 0.4) is 0 Å². The molecule has 0 saturated carbocycles. The van der Waals surface area contributed by atoms with Crippen molar-refractivity contribution >= 4 is 52.1 Å². The Morgan fingerprint density at radius 3 is 2.18 bits per heavy atom. The maximum absolute atomic E-state index is 13.5. The summed E-state index contributed by atoms with van der Waals surface area (Å²) in [6.45, 7) is 0. The fraction of sp³-hybridized carbons (Fsp3) is 0.0833. The summed E-state index contributed by atoms with van der Waals surface area (Å²) in [5, 5.41) is 8.10. The molecule has 34 heavy (non-hydrogen) atoms. The summed E-state index contributed by atoms with van der Waals surface area (Å²) in [5.41, 5.74) is 2.00. The first-order valence-corrected chi connectivity index (χ1v) is 11.6. The van der Waals surface area contributed by atoms with Crippen LogP contribution in [-0.4, -0.2) is 20.4 Å². The summed E-state index contributed by atoms with van der Waals surface area (Å²) in [4.78, 5) is 10.3. The van der Waals surface area contributed by atoms with E-state index in [9.17, 15) is 4.39 Å². The molecule has 0 spiro atoms. The van der Waals surface area contributed by atoms with Gasteiger partial charge in [0.1, 0.15) is 17.9 Å². The van der Waals surface area contributed by atoms with E-state index < -0.39 is 12.1 Å². The number of halogens is 5. The van der Waals surface area contributed by atoms with Gasteiger partial charge in [0.2, 0.25) is 0 Å². The van der Waals surface area contributed by atoms with Crippen molar-refractivity contribution in [3.63, 3.8) is 0 Å². The summed E-state index contributed by atoms with van der Waals surface area (Å²) >= 11 is 25.5. The lowest BCUT2D eigenvalue weighted by Gasteiger charge is -2.29. The Kier molecular flexibility index (Phi) is 6.40. The van der Waals surface area contributed by atoms with Crippen LogP contribution in [0.15, 0.2) is 84.5 Å². The van der Waals surface area contributed by atoms with E-state index in [1.165, 1.54) is 29.4 Å². The van der Waals surface area contributed by atoms with Crippen LogP contribution in [-0.2, 0) is 0 Å². The smallest absolute Gasteiger partial charge is 0.157 e. The molecule has 5 nitrogen and oxygen atoms in total. The number of rotatable bonds is 5. The minimum atomic E-state index is -0.536. The molecule has 0 radical (unpaired) electrons. The number of hydrogen-bond acceptors (Lipinski definition) is 4. The van der Waals surface area contributed by atoms with Crippen LogP contribution in [0.2, 0.25) is 20.1 Å². The zero-order valence-corrected chi connectivity index (χ0v) is 20.3. The molecule has 172 valence electrons. The molecule has 10 heteroatoms. The SMILES string of the molecule is Fc1ccc(ON2N=C(c3ccc(Cl)cc3Cl)C(n3ccnc3)C2c2ccc(Cl)cc2Cl)cc1. The van der Waals surface area contributed by atoms with Gasteiger partial charge in [-0.3, -0.25) is 0 Å². The number of hydrazone groups is 1. The van der Waals surface area contributed by atoms with Crippen molar-refractivity contribution in [1.29, 1.82) is 0 Å². The predicted octanol–water partition coefficient (Wildman–Crippen LogP) is 7.63. The zero-order chi connectivity index (χ0) is 23.8. The normalized spacial score (nSPS) is 17.7. The van der Waals surface area contributed by atoms with E-state index in [0.717, 1.165) is 5.56 Å². The fourth-order valence-corrected chi connectivity index (χ4v) is 4.88. The number of benzene rings is 3. The van der Waals surface area contributed by atoms with E-state index in [4.69, 9.17) is 56.3 Å². The second-order valence-corrected chi connectivity index (χ2v) is 9.21. The highest BCUT2D eigenvalue weighted by Crippen LogP contribution is 2.45. The lowest BCUT2D eigenvalue weighted by atomic mass is 9.93. The first kappa shape index (κ1) is 23.0. The summed E-state index contributed by atoms with van der Waals surface area (Å²) in [7, 11) is 0. The van der Waals surface area contributed by atoms with Gasteiger partial charge in [0.15, 0.2) is 5.75 Å². The lowest BCUT2D eigenvalue weighted by Crippen LogP contribution is -2.30. The molecule has 0 N–H and O–H groups in total. The topological polar surface area (TPSA) is 42.6 Å². The minimum absolute atomic E-state index is 0.375. The Bertz CT molecular complexity index is 1360. The van der Waals surface area contributed by atoms with Gasteiger partial charge in [-0.2, -0.15) is 0 Å². The monoisotopic (exact) mass is 534 g/mol. The Hall–Kier alpha value is -2.77. The Morgan fingerprint density at radius 1 is 0.824 bits per heavy atom. The molecule has 0 saturated heterocycles. The van der Waals surface area contributed by atoms with E-state index in [0.29, 0.717) is 37.1 Å². The van der Waals surface area contributed by atoms with Crippen LogP contribution in [0.25, 0.3) is 0 Å². The highest BCUT2D eigenvalue weighted by Gasteiger charge is 2.43. The van der Waals surface area contributed by atoms with Crippen LogP contribution in [0.5, 0.6) is 5.75 Å². The average Bonchev–Trinajstić information content (AvgIpc) is 3.44. The average molecular weight is 536 g/mol. The van der Waals surface area contributed by atoms with Gasteiger partial charge >= 0.3 is 0 Å². The molecule has 0 aliphatic carbocycles. The molecule has 4 aromatic rings. The number of aromatic nitrogens is 2. The number of hydrogen-bond donors (Lipinski definition) is 0. The third-order valence-electron chi connectivity index (χ3n) is 5.37. The van der Waals surface area contributed by atoms with E-state index >= 15 is 0 Å². The van der Waals surface area contributed by atoms with E-state index in [2.05, 4.69) is 4.98 Å². The molecule has 0 fully saturated rings. The highest BCUT2D eigenvalue weighted by atomic mass is 35.5. The standard InChI is InChI=1S/C24H15Cl4FN4O/c25-14-1-7-18(20(27)11-14)22-24(32-10-9-30-13-32)23(19-8-2-15(26)12-21(19)28)33(31-22)34-17-5-3-16(29)4-6-17/h1-13,23-24H. The minimum Gasteiger partial charge on any atom is -0.362 e. The first-order chi connectivity index (χ1) is 16.4. The highest BCUT2D eigenvalue weighted by molar-refractivity contribution is 6.37. The largest absolute Gasteiger partial charge is 0.362 e. The predicted molar refractivity (Wildman–Crippen MR) is 132 cm³/mol. The summed E-state index contributed by atoms with van der Waals surface area (Å²) in [5.74, 6) is 0.0209. The van der Waals surface area contributed by atoms with Gasteiger partial charge in [-0.15, -0.1) is 10.3 Å². The summed E-state index contributed by atoms with van der Waals surface area (Å²) < 4.78 is 15.4. The molecule has 1 aromatic heterocycles. The van der Waals surface area contributed by atoms with Crippen molar-refractivity contribution in [2.24, 2.45) is 5.10 Å². The maximum atomic E-state index is 13.5. The number of nitrogens with zero attached hydrogens (tertiary/aromatic N) is 4. The maximum Gasteiger partial charge on any atom is 0.157 e. The van der Waals surface area contributed by atoms with Crippen molar-refractivity contribution in [2.45, 2.75) is 12.1 Å². The molecule has 1 aliphatic rings. The lowest BCUT2D eigenvalue weighted by molar-refractivity contribution is -0.0923. The number of hydroxylamine groups is 1. The second kappa shape index (κ2) is 9.47. The van der Waals surface area contributed by atoms with Crippen molar-refractivity contribution < 1.29 is 9.23 Å². The Balaban J connectivity index is 1.68. The number of imidazole rings is 1. The van der Waals surface area contributed by atoms with Gasteiger partial charge in [0.25, 0.3) is 0 Å². The third kappa shape index (κ3) is 4.46. The molecule has 2 unspecified atom stereocenters. The Morgan fingerprint density at radius 2 is 1.53 bits per heavy atom. The van der Waals surface area contributed by atoms with E-state index in [-0.39, 0.29) is 5.82 Å². The molecule has 3 aromatic carbocycles. The van der Waals surface area contributed by atoms with Crippen molar-refractivity contribution in [3.05, 3.63) is 116 Å². The van der Waals surface area contributed by atoms with Crippen molar-refractivity contribution in [3.8, 4) is 5.75 Å². The van der Waals surface area contributed by atoms with E-state index in [1.54, 1.807) is 42.9 Å². The molecular formula is C24H15Cl4FN4O. The quantitative estimate of drug-likeness (QED) is 0.264. The summed E-state index contributed by atoms with van der Waals surface area (Å²) in [6.07, 6.45) is 5.18. The molecule has 2 heterocycles. The second-order valence-electron chi connectivity index (χ2n) is 7.52. The summed E-state index contributed by atoms with van der Waals surface area (Å²) in [6, 6.07) is 15.1.